The molecule has 0 atom stereocenters. The molecule has 1 saturated heterocycles. The van der Waals surface area contributed by atoms with Gasteiger partial charge in [-0.15, -0.1) is 13.2 Å². The summed E-state index contributed by atoms with van der Waals surface area (Å²) in [6, 6.07) is 10.0. The van der Waals surface area contributed by atoms with Gasteiger partial charge in [-0.1, -0.05) is 12.1 Å². The van der Waals surface area contributed by atoms with E-state index in [1.165, 1.54) is 47.9 Å². The minimum absolute atomic E-state index is 0.0395. The van der Waals surface area contributed by atoms with Crippen LogP contribution in [0.25, 0.3) is 0 Å². The smallest absolute Gasteiger partial charge is 0.453 e. The topological polar surface area (TPSA) is 114 Å². The summed E-state index contributed by atoms with van der Waals surface area (Å²) < 4.78 is 71.6. The number of carbonyl (C=O) groups is 1. The molecule has 2 aromatic rings. The van der Waals surface area contributed by atoms with Gasteiger partial charge in [0, 0.05) is 0 Å². The lowest BCUT2D eigenvalue weighted by atomic mass is 9.96. The van der Waals surface area contributed by atoms with Crippen LogP contribution in [-0.2, 0) is 14.6 Å². The second-order valence-corrected chi connectivity index (χ2v) is 9.02. The summed E-state index contributed by atoms with van der Waals surface area (Å²) in [5.74, 6) is -1.74. The van der Waals surface area contributed by atoms with Crippen molar-refractivity contribution in [3.8, 4) is 17.2 Å². The first-order valence-electron chi connectivity index (χ1n) is 9.12. The van der Waals surface area contributed by atoms with Gasteiger partial charge in [-0.05, 0) is 62.3 Å². The minimum atomic E-state index is -4.91. The molecule has 2 aromatic carbocycles. The van der Waals surface area contributed by atoms with Crippen molar-refractivity contribution in [1.82, 2.24) is 10.8 Å². The van der Waals surface area contributed by atoms with E-state index in [0.29, 0.717) is 0 Å². The third kappa shape index (κ3) is 4.75. The molecule has 1 heterocycles. The number of halogens is 3. The van der Waals surface area contributed by atoms with Crippen molar-refractivity contribution >= 4 is 15.7 Å². The van der Waals surface area contributed by atoms with Crippen LogP contribution >= 0.6 is 0 Å². The van der Waals surface area contributed by atoms with E-state index >= 15 is 0 Å². The van der Waals surface area contributed by atoms with Crippen molar-refractivity contribution in [2.75, 3.05) is 13.1 Å². The lowest BCUT2D eigenvalue weighted by Crippen LogP contribution is -2.57. The molecule has 168 valence electrons. The standard InChI is InChI=1S/C19H19F3N2O6S/c20-19(21,22)30-16-4-2-1-3-15(16)29-13-5-7-14(8-6-13)31(27,28)18(17(25)24-26)9-11-23-12-10-18/h1-8,23,26H,9-12H2,(H,24,25). The van der Waals surface area contributed by atoms with Crippen molar-refractivity contribution in [3.63, 3.8) is 0 Å². The van der Waals surface area contributed by atoms with E-state index in [1.54, 1.807) is 0 Å². The van der Waals surface area contributed by atoms with Crippen LogP contribution in [-0.4, -0.2) is 43.7 Å². The molecule has 1 aliphatic rings. The van der Waals surface area contributed by atoms with E-state index in [1.807, 2.05) is 0 Å². The van der Waals surface area contributed by atoms with Crippen molar-refractivity contribution in [1.29, 1.82) is 0 Å². The van der Waals surface area contributed by atoms with Gasteiger partial charge in [-0.2, -0.15) is 0 Å². The average Bonchev–Trinajstić information content (AvgIpc) is 2.74. The van der Waals surface area contributed by atoms with Gasteiger partial charge in [0.25, 0.3) is 5.91 Å². The monoisotopic (exact) mass is 460 g/mol. The van der Waals surface area contributed by atoms with Crippen LogP contribution in [0, 0.1) is 0 Å². The Bertz CT molecular complexity index is 1040. The van der Waals surface area contributed by atoms with Gasteiger partial charge in [0.15, 0.2) is 26.1 Å². The second kappa shape index (κ2) is 8.73. The highest BCUT2D eigenvalue weighted by atomic mass is 32.2. The molecular weight excluding hydrogens is 441 g/mol. The molecule has 0 unspecified atom stereocenters. The molecule has 1 amide bonds. The Kier molecular flexibility index (Phi) is 6.43. The fourth-order valence-corrected chi connectivity index (χ4v) is 5.31. The van der Waals surface area contributed by atoms with Crippen LogP contribution in [0.2, 0.25) is 0 Å². The van der Waals surface area contributed by atoms with Gasteiger partial charge in [0.2, 0.25) is 0 Å². The zero-order valence-corrected chi connectivity index (χ0v) is 16.8. The number of nitrogens with one attached hydrogen (secondary N) is 2. The summed E-state index contributed by atoms with van der Waals surface area (Å²) in [6.07, 6.45) is -4.99. The van der Waals surface area contributed by atoms with Crippen LogP contribution in [0.4, 0.5) is 13.2 Å². The fourth-order valence-electron chi connectivity index (χ4n) is 3.33. The van der Waals surface area contributed by atoms with Gasteiger partial charge < -0.3 is 14.8 Å². The van der Waals surface area contributed by atoms with Crippen LogP contribution in [0.15, 0.2) is 53.4 Å². The number of hydroxylamine groups is 1. The summed E-state index contributed by atoms with van der Waals surface area (Å²) in [5, 5.41) is 12.0. The summed E-state index contributed by atoms with van der Waals surface area (Å²) in [5.41, 5.74) is 1.44. The summed E-state index contributed by atoms with van der Waals surface area (Å²) in [4.78, 5) is 12.1. The maximum absolute atomic E-state index is 13.2. The number of ether oxygens (including phenoxy) is 2. The van der Waals surface area contributed by atoms with Crippen LogP contribution in [0.3, 0.4) is 0 Å². The van der Waals surface area contributed by atoms with Gasteiger partial charge in [0.05, 0.1) is 4.90 Å². The van der Waals surface area contributed by atoms with E-state index in [9.17, 15) is 26.4 Å². The number of benzene rings is 2. The Labute approximate surface area is 175 Å². The average molecular weight is 460 g/mol. The molecule has 0 spiro atoms. The highest BCUT2D eigenvalue weighted by Gasteiger charge is 2.51. The Morgan fingerprint density at radius 3 is 2.16 bits per heavy atom. The number of rotatable bonds is 6. The lowest BCUT2D eigenvalue weighted by Gasteiger charge is -2.34. The van der Waals surface area contributed by atoms with Gasteiger partial charge in [0.1, 0.15) is 5.75 Å². The first-order chi connectivity index (χ1) is 14.6. The normalized spacial score (nSPS) is 16.4. The van der Waals surface area contributed by atoms with Crippen molar-refractivity contribution in [3.05, 3.63) is 48.5 Å². The number of hydrogen-bond acceptors (Lipinski definition) is 7. The van der Waals surface area contributed by atoms with Gasteiger partial charge in [-0.3, -0.25) is 10.0 Å². The molecule has 12 heteroatoms. The molecular formula is C19H19F3N2O6S. The number of sulfone groups is 1. The highest BCUT2D eigenvalue weighted by molar-refractivity contribution is 7.93. The summed E-state index contributed by atoms with van der Waals surface area (Å²) >= 11 is 0. The predicted octanol–water partition coefficient (Wildman–Crippen LogP) is 2.78. The number of amides is 1. The molecule has 0 radical (unpaired) electrons. The first kappa shape index (κ1) is 22.8. The Morgan fingerprint density at radius 1 is 1.03 bits per heavy atom. The molecule has 3 N–H and O–H groups in total. The van der Waals surface area contributed by atoms with Crippen LogP contribution < -0.4 is 20.3 Å². The fraction of sp³-hybridized carbons (Fsp3) is 0.316. The number of para-hydroxylation sites is 2. The first-order valence-corrected chi connectivity index (χ1v) is 10.6. The predicted molar refractivity (Wildman–Crippen MR) is 102 cm³/mol. The van der Waals surface area contributed by atoms with E-state index in [-0.39, 0.29) is 42.3 Å². The molecule has 0 aromatic heterocycles. The van der Waals surface area contributed by atoms with Gasteiger partial charge in [-0.25, -0.2) is 13.9 Å². The molecule has 1 fully saturated rings. The van der Waals surface area contributed by atoms with E-state index in [2.05, 4.69) is 10.1 Å². The summed E-state index contributed by atoms with van der Waals surface area (Å²) in [7, 11) is -4.20. The summed E-state index contributed by atoms with van der Waals surface area (Å²) in [6.45, 7) is 0.535. The Morgan fingerprint density at radius 2 is 1.61 bits per heavy atom. The number of hydrogen-bond donors (Lipinski definition) is 3. The number of carbonyl (C=O) groups excluding carboxylic acids is 1. The van der Waals surface area contributed by atoms with Crippen LogP contribution in [0.5, 0.6) is 17.2 Å². The number of piperidine rings is 1. The molecule has 0 aliphatic carbocycles. The zero-order valence-electron chi connectivity index (χ0n) is 16.0. The molecule has 0 saturated carbocycles. The third-order valence-corrected chi connectivity index (χ3v) is 7.39. The Hall–Kier alpha value is -2.83. The maximum atomic E-state index is 13.2. The Balaban J connectivity index is 1.87. The lowest BCUT2D eigenvalue weighted by molar-refractivity contribution is -0.275. The highest BCUT2D eigenvalue weighted by Crippen LogP contribution is 2.37. The largest absolute Gasteiger partial charge is 0.573 e. The van der Waals surface area contributed by atoms with E-state index < -0.39 is 32.6 Å². The SMILES string of the molecule is O=C(NO)C1(S(=O)(=O)c2ccc(Oc3ccccc3OC(F)(F)F)cc2)CCNCC1. The van der Waals surface area contributed by atoms with Crippen molar-refractivity contribution in [2.45, 2.75) is 28.8 Å². The molecule has 1 aliphatic heterocycles. The molecule has 0 bridgehead atoms. The maximum Gasteiger partial charge on any atom is 0.573 e. The molecule has 8 nitrogen and oxygen atoms in total. The second-order valence-electron chi connectivity index (χ2n) is 6.76. The molecule has 31 heavy (non-hydrogen) atoms. The molecule has 3 rings (SSSR count). The van der Waals surface area contributed by atoms with Crippen molar-refractivity contribution in [2.24, 2.45) is 0 Å². The minimum Gasteiger partial charge on any atom is -0.453 e. The zero-order chi connectivity index (χ0) is 22.7. The third-order valence-electron chi connectivity index (χ3n) is 4.88. The van der Waals surface area contributed by atoms with Crippen LogP contribution in [0.1, 0.15) is 12.8 Å². The van der Waals surface area contributed by atoms with E-state index in [4.69, 9.17) is 9.94 Å². The van der Waals surface area contributed by atoms with Gasteiger partial charge >= 0.3 is 6.36 Å². The van der Waals surface area contributed by atoms with E-state index in [0.717, 1.165) is 6.07 Å². The van der Waals surface area contributed by atoms with Crippen molar-refractivity contribution < 1.29 is 41.1 Å². The quantitative estimate of drug-likeness (QED) is 0.449. The number of alkyl halides is 3.